The quantitative estimate of drug-likeness (QED) is 0.812. The minimum atomic E-state index is -0.566. The maximum Gasteiger partial charge on any atom is 0.252 e. The molecule has 21 heavy (non-hydrogen) atoms. The highest BCUT2D eigenvalue weighted by Gasteiger charge is 2.45. The number of hydrogen-bond acceptors (Lipinski definition) is 4. The van der Waals surface area contributed by atoms with Crippen LogP contribution in [0.25, 0.3) is 0 Å². The molecule has 1 aromatic carbocycles. The summed E-state index contributed by atoms with van der Waals surface area (Å²) in [6, 6.07) is 10.2. The summed E-state index contributed by atoms with van der Waals surface area (Å²) in [6.45, 7) is 2.40. The highest BCUT2D eigenvalue weighted by Crippen LogP contribution is 2.26. The van der Waals surface area contributed by atoms with E-state index in [4.69, 9.17) is 15.9 Å². The van der Waals surface area contributed by atoms with Gasteiger partial charge in [-0.3, -0.25) is 9.69 Å². The lowest BCUT2D eigenvalue weighted by Crippen LogP contribution is -2.47. The molecule has 1 N–H and O–H groups in total. The zero-order valence-electron chi connectivity index (χ0n) is 11.7. The first-order valence-electron chi connectivity index (χ1n) is 7.04. The lowest BCUT2D eigenvalue weighted by atomic mass is 10.1. The minimum absolute atomic E-state index is 0.193. The van der Waals surface area contributed by atoms with Gasteiger partial charge in [0.1, 0.15) is 6.10 Å². The molecule has 2 fully saturated rings. The van der Waals surface area contributed by atoms with Crippen molar-refractivity contribution in [2.24, 2.45) is 0 Å². The third-order valence-electron chi connectivity index (χ3n) is 3.68. The predicted molar refractivity (Wildman–Crippen MR) is 77.1 cm³/mol. The van der Waals surface area contributed by atoms with Gasteiger partial charge in [0.15, 0.2) is 12.4 Å². The number of ether oxygens (including phenoxy) is 2. The van der Waals surface area contributed by atoms with Crippen LogP contribution in [0.1, 0.15) is 5.56 Å². The van der Waals surface area contributed by atoms with Gasteiger partial charge in [-0.15, -0.1) is 6.42 Å². The molecule has 1 aromatic rings. The smallest absolute Gasteiger partial charge is 0.252 e. The molecule has 0 spiro atoms. The van der Waals surface area contributed by atoms with Crippen molar-refractivity contribution in [3.8, 4) is 12.3 Å². The summed E-state index contributed by atoms with van der Waals surface area (Å²) in [5.41, 5.74) is 1.24. The summed E-state index contributed by atoms with van der Waals surface area (Å²) in [4.78, 5) is 14.2. The Bertz CT molecular complexity index is 540. The summed E-state index contributed by atoms with van der Waals surface area (Å²) < 4.78 is 11.4. The van der Waals surface area contributed by atoms with Crippen LogP contribution in [-0.4, -0.2) is 48.9 Å². The molecule has 0 radical (unpaired) electrons. The number of terminal acetylenes is 1. The van der Waals surface area contributed by atoms with Crippen LogP contribution in [0.4, 0.5) is 0 Å². The molecule has 1 amide bonds. The molecule has 2 heterocycles. The number of carbonyl (C=O) groups excluding carboxylic acids is 1. The average molecular weight is 286 g/mol. The van der Waals surface area contributed by atoms with Crippen molar-refractivity contribution in [2.75, 3.05) is 19.6 Å². The summed E-state index contributed by atoms with van der Waals surface area (Å²) in [5, 5.41) is 2.65. The van der Waals surface area contributed by atoms with E-state index < -0.39 is 6.10 Å². The maximum atomic E-state index is 12.0. The topological polar surface area (TPSA) is 50.8 Å². The van der Waals surface area contributed by atoms with Crippen LogP contribution in [0.3, 0.4) is 0 Å². The van der Waals surface area contributed by atoms with Gasteiger partial charge in [-0.05, 0) is 5.56 Å². The number of amides is 1. The Morgan fingerprint density at radius 1 is 1.33 bits per heavy atom. The molecule has 0 saturated carbocycles. The van der Waals surface area contributed by atoms with E-state index in [1.807, 2.05) is 18.2 Å². The fourth-order valence-electron chi connectivity index (χ4n) is 2.75. The van der Waals surface area contributed by atoms with Gasteiger partial charge in [0.2, 0.25) is 0 Å². The molecular weight excluding hydrogens is 268 g/mol. The molecule has 2 aliphatic heterocycles. The predicted octanol–water partition coefficient (Wildman–Crippen LogP) is 0.362. The van der Waals surface area contributed by atoms with Crippen molar-refractivity contribution >= 4 is 5.91 Å². The van der Waals surface area contributed by atoms with Gasteiger partial charge >= 0.3 is 0 Å². The summed E-state index contributed by atoms with van der Waals surface area (Å²) in [6.07, 6.45) is 4.01. The first-order chi connectivity index (χ1) is 10.3. The van der Waals surface area contributed by atoms with Gasteiger partial charge in [0, 0.05) is 13.1 Å². The zero-order chi connectivity index (χ0) is 14.7. The summed E-state index contributed by atoms with van der Waals surface area (Å²) in [5.74, 6) is 2.19. The number of morpholine rings is 1. The van der Waals surface area contributed by atoms with Gasteiger partial charge in [-0.2, -0.15) is 0 Å². The Morgan fingerprint density at radius 3 is 2.90 bits per heavy atom. The van der Waals surface area contributed by atoms with E-state index in [2.05, 4.69) is 28.3 Å². The van der Waals surface area contributed by atoms with Gasteiger partial charge in [-0.25, -0.2) is 0 Å². The van der Waals surface area contributed by atoms with Crippen molar-refractivity contribution < 1.29 is 14.3 Å². The third-order valence-corrected chi connectivity index (χ3v) is 3.68. The standard InChI is InChI=1S/C16H18N2O3/c1-2-8-17-16(19)15-13-10-18(11-14(20-13)21-15)9-12-6-4-3-5-7-12/h1,3-7,13-15H,8-11H2,(H,17,19)/t13-,14-,15+/m0/s1. The van der Waals surface area contributed by atoms with Crippen LogP contribution in [0, 0.1) is 12.3 Å². The molecule has 5 heteroatoms. The number of fused-ring (bicyclic) bond motifs is 2. The molecule has 5 nitrogen and oxygen atoms in total. The molecule has 0 aliphatic carbocycles. The Kier molecular flexibility index (Phi) is 4.20. The van der Waals surface area contributed by atoms with E-state index in [1.54, 1.807) is 0 Å². The van der Waals surface area contributed by atoms with Crippen LogP contribution in [0.2, 0.25) is 0 Å². The maximum absolute atomic E-state index is 12.0. The van der Waals surface area contributed by atoms with Crippen LogP contribution < -0.4 is 5.32 Å². The highest BCUT2D eigenvalue weighted by molar-refractivity contribution is 5.82. The Hall–Kier alpha value is -1.87. The average Bonchev–Trinajstić information content (AvgIpc) is 2.80. The van der Waals surface area contributed by atoms with Crippen molar-refractivity contribution in [3.05, 3.63) is 35.9 Å². The lowest BCUT2D eigenvalue weighted by Gasteiger charge is -2.30. The van der Waals surface area contributed by atoms with E-state index in [9.17, 15) is 4.79 Å². The van der Waals surface area contributed by atoms with Crippen LogP contribution >= 0.6 is 0 Å². The molecule has 3 rings (SSSR count). The van der Waals surface area contributed by atoms with Gasteiger partial charge in [0.05, 0.1) is 13.1 Å². The minimum Gasteiger partial charge on any atom is -0.343 e. The molecular formula is C16H18N2O3. The number of nitrogens with one attached hydrogen (secondary N) is 1. The third kappa shape index (κ3) is 3.24. The van der Waals surface area contributed by atoms with Gasteiger partial charge in [-0.1, -0.05) is 36.3 Å². The second-order valence-electron chi connectivity index (χ2n) is 5.26. The molecule has 0 unspecified atom stereocenters. The first kappa shape index (κ1) is 14.1. The molecule has 3 atom stereocenters. The molecule has 0 aromatic heterocycles. The fourth-order valence-corrected chi connectivity index (χ4v) is 2.75. The second-order valence-corrected chi connectivity index (χ2v) is 5.26. The second kappa shape index (κ2) is 6.27. The summed E-state index contributed by atoms with van der Waals surface area (Å²) in [7, 11) is 0. The Morgan fingerprint density at radius 2 is 2.14 bits per heavy atom. The molecule has 2 bridgehead atoms. The fraction of sp³-hybridized carbons (Fsp3) is 0.438. The SMILES string of the molecule is C#CCNC(=O)[C@@H]1O[C@H]2CN(Cc3ccccc3)C[C@@H]1O2. The largest absolute Gasteiger partial charge is 0.343 e. The number of benzene rings is 1. The monoisotopic (exact) mass is 286 g/mol. The van der Waals surface area contributed by atoms with Crippen LogP contribution in [-0.2, 0) is 20.8 Å². The van der Waals surface area contributed by atoms with E-state index in [-0.39, 0.29) is 24.8 Å². The van der Waals surface area contributed by atoms with Gasteiger partial charge < -0.3 is 14.8 Å². The zero-order valence-corrected chi connectivity index (χ0v) is 11.7. The van der Waals surface area contributed by atoms with Crippen molar-refractivity contribution in [1.29, 1.82) is 0 Å². The normalized spacial score (nSPS) is 28.0. The van der Waals surface area contributed by atoms with E-state index in [0.29, 0.717) is 13.1 Å². The highest BCUT2D eigenvalue weighted by atomic mass is 16.7. The summed E-state index contributed by atoms with van der Waals surface area (Å²) >= 11 is 0. The van der Waals surface area contributed by atoms with Crippen LogP contribution in [0.5, 0.6) is 0 Å². The Labute approximate surface area is 124 Å². The molecule has 2 aliphatic rings. The van der Waals surface area contributed by atoms with Gasteiger partial charge in [0.25, 0.3) is 5.91 Å². The number of rotatable bonds is 4. The van der Waals surface area contributed by atoms with Crippen molar-refractivity contribution in [3.63, 3.8) is 0 Å². The number of carbonyl (C=O) groups is 1. The number of hydrogen-bond donors (Lipinski definition) is 1. The van der Waals surface area contributed by atoms with Crippen molar-refractivity contribution in [2.45, 2.75) is 25.0 Å². The van der Waals surface area contributed by atoms with E-state index >= 15 is 0 Å². The Balaban J connectivity index is 1.60. The molecule has 2 saturated heterocycles. The number of nitrogens with zero attached hydrogens (tertiary/aromatic N) is 1. The molecule has 110 valence electrons. The van der Waals surface area contributed by atoms with E-state index in [0.717, 1.165) is 6.54 Å². The first-order valence-corrected chi connectivity index (χ1v) is 7.04. The van der Waals surface area contributed by atoms with Crippen molar-refractivity contribution in [1.82, 2.24) is 10.2 Å². The van der Waals surface area contributed by atoms with E-state index in [1.165, 1.54) is 5.56 Å². The van der Waals surface area contributed by atoms with Crippen LogP contribution in [0.15, 0.2) is 30.3 Å². The lowest BCUT2D eigenvalue weighted by molar-refractivity contribution is -0.134.